The number of carbonyl (C=O) groups is 1. The highest BCUT2D eigenvalue weighted by atomic mass is 19.1. The molecule has 0 aliphatic heterocycles. The molecule has 16 heavy (non-hydrogen) atoms. The molecule has 1 N–H and O–H groups in total. The third-order valence-corrected chi connectivity index (χ3v) is 2.25. The monoisotopic (exact) mass is 216 g/mol. The molecular formula is C13H9FO2. The van der Waals surface area contributed by atoms with E-state index in [4.69, 9.17) is 5.11 Å². The van der Waals surface area contributed by atoms with Crippen molar-refractivity contribution in [2.45, 2.75) is 0 Å². The molecular weight excluding hydrogens is 207 g/mol. The Morgan fingerprint density at radius 2 is 1.62 bits per heavy atom. The average Bonchev–Trinajstić information content (AvgIpc) is 2.30. The maximum Gasteiger partial charge on any atom is 0.195 e. The van der Waals surface area contributed by atoms with E-state index in [1.54, 1.807) is 6.07 Å². The summed E-state index contributed by atoms with van der Waals surface area (Å²) in [6.07, 6.45) is 0. The van der Waals surface area contributed by atoms with Gasteiger partial charge in [0.05, 0.1) is 5.56 Å². The summed E-state index contributed by atoms with van der Waals surface area (Å²) in [7, 11) is 0. The molecule has 2 rings (SSSR count). The fraction of sp³-hybridized carbons (Fsp3) is 0. The Morgan fingerprint density at radius 1 is 1.00 bits per heavy atom. The summed E-state index contributed by atoms with van der Waals surface area (Å²) in [6, 6.07) is 11.5. The fourth-order valence-electron chi connectivity index (χ4n) is 1.41. The third-order valence-electron chi connectivity index (χ3n) is 2.25. The zero-order chi connectivity index (χ0) is 11.5. The number of aromatic hydroxyl groups is 1. The van der Waals surface area contributed by atoms with Gasteiger partial charge in [-0.15, -0.1) is 0 Å². The predicted molar refractivity (Wildman–Crippen MR) is 57.9 cm³/mol. The van der Waals surface area contributed by atoms with Gasteiger partial charge in [0.25, 0.3) is 0 Å². The van der Waals surface area contributed by atoms with Gasteiger partial charge in [-0.25, -0.2) is 4.39 Å². The molecule has 0 amide bonds. The summed E-state index contributed by atoms with van der Waals surface area (Å²) in [4.78, 5) is 11.9. The minimum absolute atomic E-state index is 0.0354. The molecule has 80 valence electrons. The van der Waals surface area contributed by atoms with E-state index >= 15 is 0 Å². The summed E-state index contributed by atoms with van der Waals surface area (Å²) in [5.41, 5.74) is 0.385. The van der Waals surface area contributed by atoms with E-state index in [-0.39, 0.29) is 11.3 Å². The molecule has 0 heterocycles. The Kier molecular flexibility index (Phi) is 2.68. The molecule has 2 aromatic carbocycles. The van der Waals surface area contributed by atoms with Crippen LogP contribution in [0.1, 0.15) is 15.9 Å². The summed E-state index contributed by atoms with van der Waals surface area (Å²) in [5.74, 6) is -0.858. The van der Waals surface area contributed by atoms with Crippen molar-refractivity contribution in [1.82, 2.24) is 0 Å². The maximum atomic E-state index is 13.3. The molecule has 0 saturated heterocycles. The molecule has 0 aliphatic carbocycles. The molecule has 0 atom stereocenters. The van der Waals surface area contributed by atoms with Gasteiger partial charge in [0.1, 0.15) is 11.6 Å². The van der Waals surface area contributed by atoms with Crippen LogP contribution in [-0.4, -0.2) is 10.9 Å². The Morgan fingerprint density at radius 3 is 2.25 bits per heavy atom. The smallest absolute Gasteiger partial charge is 0.195 e. The number of halogens is 1. The quantitative estimate of drug-likeness (QED) is 0.784. The van der Waals surface area contributed by atoms with Crippen molar-refractivity contribution in [2.24, 2.45) is 0 Å². The van der Waals surface area contributed by atoms with Crippen LogP contribution in [0.15, 0.2) is 48.5 Å². The van der Waals surface area contributed by atoms with Gasteiger partial charge in [0.2, 0.25) is 0 Å². The average molecular weight is 216 g/mol. The second-order valence-corrected chi connectivity index (χ2v) is 3.36. The number of rotatable bonds is 2. The van der Waals surface area contributed by atoms with Crippen LogP contribution in [0, 0.1) is 5.82 Å². The van der Waals surface area contributed by atoms with Gasteiger partial charge < -0.3 is 5.11 Å². The minimum atomic E-state index is -0.541. The molecule has 0 fully saturated rings. The van der Waals surface area contributed by atoms with Crippen LogP contribution >= 0.6 is 0 Å². The van der Waals surface area contributed by atoms with E-state index in [0.29, 0.717) is 5.56 Å². The lowest BCUT2D eigenvalue weighted by molar-refractivity contribution is 0.103. The van der Waals surface area contributed by atoms with Gasteiger partial charge in [0.15, 0.2) is 5.78 Å². The Hall–Kier alpha value is -2.16. The second-order valence-electron chi connectivity index (χ2n) is 3.36. The van der Waals surface area contributed by atoms with Crippen LogP contribution in [0.2, 0.25) is 0 Å². The number of carbonyl (C=O) groups excluding carboxylic acids is 1. The Bertz CT molecular complexity index is 518. The Balaban J connectivity index is 2.40. The first kappa shape index (κ1) is 10.4. The first-order valence-corrected chi connectivity index (χ1v) is 4.77. The van der Waals surface area contributed by atoms with Gasteiger partial charge in [0, 0.05) is 5.56 Å². The van der Waals surface area contributed by atoms with Gasteiger partial charge in [-0.1, -0.05) is 12.1 Å². The number of benzene rings is 2. The number of hydrogen-bond donors (Lipinski definition) is 1. The standard InChI is InChI=1S/C13H9FO2/c14-12-4-2-1-3-11(12)13(16)9-5-7-10(15)8-6-9/h1-8,15H. The van der Waals surface area contributed by atoms with Crippen LogP contribution in [0.5, 0.6) is 5.75 Å². The highest BCUT2D eigenvalue weighted by molar-refractivity contribution is 6.09. The number of phenols is 1. The third kappa shape index (κ3) is 1.93. The maximum absolute atomic E-state index is 13.3. The molecule has 0 bridgehead atoms. The summed E-state index contributed by atoms with van der Waals surface area (Å²) in [5, 5.41) is 9.08. The highest BCUT2D eigenvalue weighted by Gasteiger charge is 2.12. The number of phenolic OH excluding ortho intramolecular Hbond substituents is 1. The summed E-state index contributed by atoms with van der Waals surface area (Å²) < 4.78 is 13.3. The summed E-state index contributed by atoms with van der Waals surface area (Å²) >= 11 is 0. The van der Waals surface area contributed by atoms with Crippen molar-refractivity contribution in [3.63, 3.8) is 0 Å². The van der Waals surface area contributed by atoms with Crippen LogP contribution in [0.4, 0.5) is 4.39 Å². The molecule has 0 unspecified atom stereocenters. The van der Waals surface area contributed by atoms with Gasteiger partial charge in [-0.3, -0.25) is 4.79 Å². The lowest BCUT2D eigenvalue weighted by atomic mass is 10.0. The SMILES string of the molecule is O=C(c1ccc(O)cc1)c1ccccc1F. The van der Waals surface area contributed by atoms with Crippen molar-refractivity contribution in [3.8, 4) is 5.75 Å². The predicted octanol–water partition coefficient (Wildman–Crippen LogP) is 2.76. The van der Waals surface area contributed by atoms with E-state index in [1.165, 1.54) is 42.5 Å². The van der Waals surface area contributed by atoms with E-state index < -0.39 is 11.6 Å². The molecule has 0 aromatic heterocycles. The highest BCUT2D eigenvalue weighted by Crippen LogP contribution is 2.15. The van der Waals surface area contributed by atoms with Crippen LogP contribution in [0.3, 0.4) is 0 Å². The zero-order valence-electron chi connectivity index (χ0n) is 8.35. The molecule has 0 spiro atoms. The topological polar surface area (TPSA) is 37.3 Å². The van der Waals surface area contributed by atoms with E-state index in [0.717, 1.165) is 0 Å². The lowest BCUT2D eigenvalue weighted by Crippen LogP contribution is -2.03. The van der Waals surface area contributed by atoms with E-state index in [9.17, 15) is 9.18 Å². The van der Waals surface area contributed by atoms with Gasteiger partial charge >= 0.3 is 0 Å². The van der Waals surface area contributed by atoms with Crippen molar-refractivity contribution < 1.29 is 14.3 Å². The molecule has 0 radical (unpaired) electrons. The molecule has 0 aliphatic rings. The van der Waals surface area contributed by atoms with Crippen molar-refractivity contribution in [2.75, 3.05) is 0 Å². The molecule has 2 aromatic rings. The van der Waals surface area contributed by atoms with E-state index in [2.05, 4.69) is 0 Å². The van der Waals surface area contributed by atoms with Crippen molar-refractivity contribution >= 4 is 5.78 Å². The fourth-order valence-corrected chi connectivity index (χ4v) is 1.41. The summed E-state index contributed by atoms with van der Waals surface area (Å²) in [6.45, 7) is 0. The second kappa shape index (κ2) is 4.14. The van der Waals surface area contributed by atoms with Crippen molar-refractivity contribution in [1.29, 1.82) is 0 Å². The van der Waals surface area contributed by atoms with Crippen LogP contribution < -0.4 is 0 Å². The van der Waals surface area contributed by atoms with Gasteiger partial charge in [-0.05, 0) is 36.4 Å². The lowest BCUT2D eigenvalue weighted by Gasteiger charge is -2.02. The zero-order valence-corrected chi connectivity index (χ0v) is 8.35. The van der Waals surface area contributed by atoms with E-state index in [1.807, 2.05) is 0 Å². The van der Waals surface area contributed by atoms with Crippen LogP contribution in [0.25, 0.3) is 0 Å². The van der Waals surface area contributed by atoms with Gasteiger partial charge in [-0.2, -0.15) is 0 Å². The normalized spacial score (nSPS) is 10.1. The first-order valence-electron chi connectivity index (χ1n) is 4.77. The van der Waals surface area contributed by atoms with Crippen molar-refractivity contribution in [3.05, 3.63) is 65.5 Å². The number of hydrogen-bond acceptors (Lipinski definition) is 2. The Labute approximate surface area is 92.0 Å². The molecule has 3 heteroatoms. The molecule has 0 saturated carbocycles. The number of ketones is 1. The largest absolute Gasteiger partial charge is 0.508 e. The minimum Gasteiger partial charge on any atom is -0.508 e. The van der Waals surface area contributed by atoms with Crippen LogP contribution in [-0.2, 0) is 0 Å². The first-order chi connectivity index (χ1) is 7.68. The molecule has 2 nitrogen and oxygen atoms in total.